The largest absolute Gasteiger partial charge is 0.522 e. The predicted octanol–water partition coefficient (Wildman–Crippen LogP) is 6.82. The summed E-state index contributed by atoms with van der Waals surface area (Å²) >= 11 is 0. The first-order chi connectivity index (χ1) is 14.7. The van der Waals surface area contributed by atoms with Crippen LogP contribution in [-0.2, 0) is 21.0 Å². The average molecular weight is 510 g/mol. The summed E-state index contributed by atoms with van der Waals surface area (Å²) in [4.78, 5) is 0. The molecule has 0 fully saturated rings. The molecule has 0 heterocycles. The molecule has 0 aliphatic carbocycles. The molecule has 32 heavy (non-hydrogen) atoms. The minimum absolute atomic E-state index is 0.604. The molecule has 0 aliphatic heterocycles. The Morgan fingerprint density at radius 3 is 1.31 bits per heavy atom. The molecule has 0 bridgehead atoms. The quantitative estimate of drug-likeness (QED) is 0.0725. The van der Waals surface area contributed by atoms with Gasteiger partial charge in [0, 0.05) is 0 Å². The van der Waals surface area contributed by atoms with Crippen molar-refractivity contribution in [2.24, 2.45) is 0 Å². The normalized spacial score (nSPS) is 12.7. The van der Waals surface area contributed by atoms with Crippen LogP contribution in [-0.4, -0.2) is 68.4 Å². The summed E-state index contributed by atoms with van der Waals surface area (Å²) in [5.41, 5.74) is -5.53. The van der Waals surface area contributed by atoms with Gasteiger partial charge < -0.3 is 4.48 Å². The highest BCUT2D eigenvalue weighted by Crippen LogP contribution is 2.20. The summed E-state index contributed by atoms with van der Waals surface area (Å²) in [6.45, 7) is 5.02. The van der Waals surface area contributed by atoms with E-state index in [2.05, 4.69) is 33.5 Å². The number of rotatable bonds is 18. The van der Waals surface area contributed by atoms with Crippen molar-refractivity contribution in [1.29, 1.82) is 0 Å². The second-order valence-electron chi connectivity index (χ2n) is 9.59. The van der Waals surface area contributed by atoms with Gasteiger partial charge in [-0.1, -0.05) is 84.0 Å². The van der Waals surface area contributed by atoms with E-state index in [0.717, 1.165) is 0 Å². The Balaban J connectivity index is 0. The van der Waals surface area contributed by atoms with E-state index in [1.165, 1.54) is 113 Å². The van der Waals surface area contributed by atoms with E-state index in [0.29, 0.717) is 10.9 Å². The van der Waals surface area contributed by atoms with E-state index >= 15 is 0 Å². The smallest absolute Gasteiger partial charge is 0.325 e. The summed E-state index contributed by atoms with van der Waals surface area (Å²) in [6.07, 6.45) is 25.1. The molecule has 0 aromatic carbocycles. The van der Waals surface area contributed by atoms with Gasteiger partial charge in [0.1, 0.15) is 6.54 Å². The molecule has 0 atom stereocenters. The van der Waals surface area contributed by atoms with Crippen molar-refractivity contribution in [2.45, 2.75) is 102 Å². The highest BCUT2D eigenvalue weighted by molar-refractivity contribution is 7.95. The first kappa shape index (κ1) is 34.2. The van der Waals surface area contributed by atoms with E-state index in [1.807, 2.05) is 0 Å². The van der Waals surface area contributed by atoms with Crippen molar-refractivity contribution in [1.82, 2.24) is 0 Å². The first-order valence-corrected chi connectivity index (χ1v) is 15.8. The molecule has 196 valence electrons. The molecular formula is C23H50F3NO3S2+2. The maximum absolute atomic E-state index is 10.7. The van der Waals surface area contributed by atoms with Crippen LogP contribution in [0, 0.1) is 0 Å². The Morgan fingerprint density at radius 1 is 0.719 bits per heavy atom. The summed E-state index contributed by atoms with van der Waals surface area (Å²) < 4.78 is 58.8. The van der Waals surface area contributed by atoms with Gasteiger partial charge in [0.2, 0.25) is 0 Å². The number of hydrogen-bond donors (Lipinski definition) is 1. The third-order valence-electron chi connectivity index (χ3n) is 5.51. The lowest BCUT2D eigenvalue weighted by molar-refractivity contribution is -0.888. The van der Waals surface area contributed by atoms with Gasteiger partial charge in [-0.15, -0.1) is 0 Å². The van der Waals surface area contributed by atoms with Crippen LogP contribution in [0.5, 0.6) is 0 Å². The van der Waals surface area contributed by atoms with Crippen molar-refractivity contribution in [3.8, 4) is 0 Å². The van der Waals surface area contributed by atoms with Gasteiger partial charge in [-0.3, -0.25) is 4.55 Å². The molecule has 0 saturated heterocycles. The van der Waals surface area contributed by atoms with Crippen molar-refractivity contribution in [2.75, 3.05) is 45.4 Å². The molecule has 0 amide bonds. The zero-order valence-electron chi connectivity index (χ0n) is 21.2. The maximum Gasteiger partial charge on any atom is 0.522 e. The molecular weight excluding hydrogens is 459 g/mol. The molecule has 4 nitrogen and oxygen atoms in total. The van der Waals surface area contributed by atoms with Crippen molar-refractivity contribution < 1.29 is 30.6 Å². The first-order valence-electron chi connectivity index (χ1n) is 12.1. The van der Waals surface area contributed by atoms with Crippen LogP contribution in [0.3, 0.4) is 0 Å². The van der Waals surface area contributed by atoms with Gasteiger partial charge in [0.05, 0.1) is 33.2 Å². The van der Waals surface area contributed by atoms with E-state index in [4.69, 9.17) is 13.0 Å². The molecule has 0 radical (unpaired) electrons. The Bertz CT molecular complexity index is 525. The second-order valence-corrected chi connectivity index (χ2v) is 13.4. The molecule has 0 aromatic heterocycles. The van der Waals surface area contributed by atoms with E-state index in [-0.39, 0.29) is 0 Å². The second kappa shape index (κ2) is 19.3. The average Bonchev–Trinajstić information content (AvgIpc) is 2.65. The van der Waals surface area contributed by atoms with Crippen LogP contribution in [0.4, 0.5) is 13.2 Å². The van der Waals surface area contributed by atoms with Gasteiger partial charge >= 0.3 is 15.6 Å². The van der Waals surface area contributed by atoms with Gasteiger partial charge in [0.15, 0.2) is 5.75 Å². The highest BCUT2D eigenvalue weighted by Gasteiger charge is 2.44. The number of halogens is 3. The fraction of sp³-hybridized carbons (Fsp3) is 1.00. The van der Waals surface area contributed by atoms with Crippen molar-refractivity contribution in [3.05, 3.63) is 0 Å². The molecule has 0 spiro atoms. The van der Waals surface area contributed by atoms with Gasteiger partial charge in [-0.05, 0) is 23.7 Å². The lowest BCUT2D eigenvalue weighted by atomic mass is 10.0. The predicted molar refractivity (Wildman–Crippen MR) is 134 cm³/mol. The Kier molecular flexibility index (Phi) is 20.6. The minimum atomic E-state index is -5.84. The van der Waals surface area contributed by atoms with Crippen LogP contribution in [0.25, 0.3) is 0 Å². The third kappa shape index (κ3) is 24.6. The number of unbranched alkanes of at least 4 members (excludes halogenated alkanes) is 13. The topological polar surface area (TPSA) is 54.4 Å². The van der Waals surface area contributed by atoms with E-state index in [9.17, 15) is 13.2 Å². The molecule has 0 aliphatic rings. The zero-order chi connectivity index (χ0) is 25.1. The fourth-order valence-corrected chi connectivity index (χ4v) is 4.14. The van der Waals surface area contributed by atoms with Crippen molar-refractivity contribution in [3.63, 3.8) is 0 Å². The lowest BCUT2D eigenvalue weighted by Crippen LogP contribution is -2.43. The van der Waals surface area contributed by atoms with Crippen LogP contribution < -0.4 is 0 Å². The van der Waals surface area contributed by atoms with Crippen LogP contribution >= 0.6 is 0 Å². The standard InChI is InChI=1S/C22H49NS.CHF3O3S/c1-6-7-8-9-10-11-12-13-14-15-16-17-18-19-20-23(2,3)21-22-24(4)5;2-1(3,4)8(5,6)7/h6-22H2,1-5H3;(H,5,6,7)/q+2;. The SMILES string of the molecule is CCCCCCCCCCCCCCCC[N+](C)(C)CC[S+](C)C.O=S(=O)(O)C(F)(F)F. The van der Waals surface area contributed by atoms with Crippen LogP contribution in [0.15, 0.2) is 0 Å². The summed E-state index contributed by atoms with van der Waals surface area (Å²) in [5, 5.41) is 0. The highest BCUT2D eigenvalue weighted by atomic mass is 32.2. The summed E-state index contributed by atoms with van der Waals surface area (Å²) in [5.74, 6) is 1.39. The van der Waals surface area contributed by atoms with E-state index < -0.39 is 15.6 Å². The molecule has 9 heteroatoms. The van der Waals surface area contributed by atoms with Crippen LogP contribution in [0.2, 0.25) is 0 Å². The Morgan fingerprint density at radius 2 is 1.03 bits per heavy atom. The van der Waals surface area contributed by atoms with Gasteiger partial charge in [0.25, 0.3) is 0 Å². The molecule has 0 unspecified atom stereocenters. The number of hydrogen-bond acceptors (Lipinski definition) is 2. The number of alkyl halides is 3. The molecule has 0 saturated carbocycles. The number of nitrogens with zero attached hydrogens (tertiary/aromatic N) is 1. The minimum Gasteiger partial charge on any atom is -0.325 e. The fourth-order valence-electron chi connectivity index (χ4n) is 3.28. The van der Waals surface area contributed by atoms with E-state index in [1.54, 1.807) is 0 Å². The third-order valence-corrected chi connectivity index (χ3v) is 7.10. The molecule has 0 rings (SSSR count). The summed E-state index contributed by atoms with van der Waals surface area (Å²) in [7, 11) is -0.412. The van der Waals surface area contributed by atoms with Crippen LogP contribution in [0.1, 0.15) is 96.8 Å². The van der Waals surface area contributed by atoms with Crippen molar-refractivity contribution >= 4 is 21.0 Å². The maximum atomic E-state index is 10.7. The summed E-state index contributed by atoms with van der Waals surface area (Å²) in [6, 6.07) is 0. The Hall–Kier alpha value is 0.01000. The monoisotopic (exact) mass is 509 g/mol. The number of quaternary nitrogens is 1. The van der Waals surface area contributed by atoms with Gasteiger partial charge in [-0.2, -0.15) is 21.6 Å². The molecule has 0 aromatic rings. The van der Waals surface area contributed by atoms with Gasteiger partial charge in [-0.25, -0.2) is 0 Å². The Labute approximate surface area is 199 Å². The molecule has 1 N–H and O–H groups in total. The lowest BCUT2D eigenvalue weighted by Gasteiger charge is -2.28. The zero-order valence-corrected chi connectivity index (χ0v) is 22.8.